The van der Waals surface area contributed by atoms with Gasteiger partial charge in [-0.05, 0) is 31.0 Å². The van der Waals surface area contributed by atoms with E-state index in [1.165, 1.54) is 12.0 Å². The van der Waals surface area contributed by atoms with Crippen molar-refractivity contribution in [2.45, 2.75) is 32.0 Å². The van der Waals surface area contributed by atoms with E-state index >= 15 is 0 Å². The molecule has 0 bridgehead atoms. The van der Waals surface area contributed by atoms with Crippen LogP contribution in [0.5, 0.6) is 0 Å². The first-order chi connectivity index (χ1) is 9.83. The van der Waals surface area contributed by atoms with Crippen molar-refractivity contribution in [2.75, 3.05) is 11.9 Å². The van der Waals surface area contributed by atoms with Gasteiger partial charge in [-0.2, -0.15) is 0 Å². The van der Waals surface area contributed by atoms with Crippen LogP contribution >= 0.6 is 0 Å². The highest BCUT2D eigenvalue weighted by molar-refractivity contribution is 5.41. The molecule has 2 heterocycles. The molecule has 2 aromatic rings. The Bertz CT molecular complexity index is 477. The second-order valence-corrected chi connectivity index (χ2v) is 5.48. The van der Waals surface area contributed by atoms with Crippen LogP contribution in [0.1, 0.15) is 18.9 Å². The lowest BCUT2D eigenvalue weighted by molar-refractivity contribution is 0.255. The van der Waals surface area contributed by atoms with E-state index in [0.29, 0.717) is 12.1 Å². The number of hydrogen-bond donors (Lipinski definition) is 1. The van der Waals surface area contributed by atoms with E-state index in [4.69, 9.17) is 0 Å². The molecule has 1 saturated heterocycles. The summed E-state index contributed by atoms with van der Waals surface area (Å²) < 4.78 is 0. The van der Waals surface area contributed by atoms with Crippen LogP contribution in [0, 0.1) is 0 Å². The van der Waals surface area contributed by atoms with E-state index in [2.05, 4.69) is 58.5 Å². The molecule has 0 spiro atoms. The number of nitrogens with zero attached hydrogens (tertiary/aromatic N) is 2. The smallest absolute Gasteiger partial charge is 0.0529 e. The average Bonchev–Trinajstić information content (AvgIpc) is 2.83. The van der Waals surface area contributed by atoms with Gasteiger partial charge in [-0.25, -0.2) is 0 Å². The van der Waals surface area contributed by atoms with Crippen molar-refractivity contribution in [1.82, 2.24) is 9.88 Å². The van der Waals surface area contributed by atoms with Gasteiger partial charge >= 0.3 is 0 Å². The van der Waals surface area contributed by atoms with Crippen molar-refractivity contribution >= 4 is 5.69 Å². The summed E-state index contributed by atoms with van der Waals surface area (Å²) in [4.78, 5) is 6.71. The van der Waals surface area contributed by atoms with Gasteiger partial charge in [0, 0.05) is 37.6 Å². The predicted molar refractivity (Wildman–Crippen MR) is 82.6 cm³/mol. The van der Waals surface area contributed by atoms with E-state index in [-0.39, 0.29) is 0 Å². The second-order valence-electron chi connectivity index (χ2n) is 5.48. The molecule has 1 aliphatic rings. The van der Waals surface area contributed by atoms with Gasteiger partial charge in [-0.15, -0.1) is 0 Å². The SMILES string of the molecule is CC1C(Nc2cccnc2)CCN1Cc1ccccc1. The van der Waals surface area contributed by atoms with Gasteiger partial charge in [0.2, 0.25) is 0 Å². The van der Waals surface area contributed by atoms with Crippen molar-refractivity contribution in [3.05, 3.63) is 60.4 Å². The Morgan fingerprint density at radius 2 is 2.05 bits per heavy atom. The Morgan fingerprint density at radius 1 is 1.20 bits per heavy atom. The predicted octanol–water partition coefficient (Wildman–Crippen LogP) is 3.16. The van der Waals surface area contributed by atoms with E-state index in [0.717, 1.165) is 18.8 Å². The van der Waals surface area contributed by atoms with E-state index in [9.17, 15) is 0 Å². The van der Waals surface area contributed by atoms with Crippen molar-refractivity contribution in [1.29, 1.82) is 0 Å². The molecule has 0 amide bonds. The highest BCUT2D eigenvalue weighted by atomic mass is 15.2. The number of pyridine rings is 1. The Balaban J connectivity index is 1.61. The average molecular weight is 267 g/mol. The van der Waals surface area contributed by atoms with Gasteiger partial charge in [-0.1, -0.05) is 30.3 Å². The summed E-state index contributed by atoms with van der Waals surface area (Å²) in [5.41, 5.74) is 2.51. The van der Waals surface area contributed by atoms with Gasteiger partial charge in [0.1, 0.15) is 0 Å². The van der Waals surface area contributed by atoms with Crippen molar-refractivity contribution in [3.8, 4) is 0 Å². The second kappa shape index (κ2) is 6.06. The van der Waals surface area contributed by atoms with Crippen molar-refractivity contribution in [2.24, 2.45) is 0 Å². The molecule has 3 nitrogen and oxygen atoms in total. The lowest BCUT2D eigenvalue weighted by atomic mass is 10.1. The van der Waals surface area contributed by atoms with Crippen LogP contribution in [0.25, 0.3) is 0 Å². The summed E-state index contributed by atoms with van der Waals surface area (Å²) in [7, 11) is 0. The summed E-state index contributed by atoms with van der Waals surface area (Å²) in [6, 6.07) is 15.8. The maximum Gasteiger partial charge on any atom is 0.0529 e. The topological polar surface area (TPSA) is 28.2 Å². The number of rotatable bonds is 4. The van der Waals surface area contributed by atoms with E-state index < -0.39 is 0 Å². The highest BCUT2D eigenvalue weighted by Gasteiger charge is 2.30. The molecule has 0 saturated carbocycles. The fourth-order valence-electron chi connectivity index (χ4n) is 2.90. The molecule has 3 heteroatoms. The fourth-order valence-corrected chi connectivity index (χ4v) is 2.90. The molecule has 20 heavy (non-hydrogen) atoms. The van der Waals surface area contributed by atoms with Crippen molar-refractivity contribution in [3.63, 3.8) is 0 Å². The van der Waals surface area contributed by atoms with Crippen LogP contribution in [0.4, 0.5) is 5.69 Å². The van der Waals surface area contributed by atoms with E-state index in [1.54, 1.807) is 0 Å². The largest absolute Gasteiger partial charge is 0.379 e. The van der Waals surface area contributed by atoms with Crippen LogP contribution in [0.15, 0.2) is 54.9 Å². The number of likely N-dealkylation sites (tertiary alicyclic amines) is 1. The minimum Gasteiger partial charge on any atom is -0.379 e. The van der Waals surface area contributed by atoms with Gasteiger partial charge in [0.05, 0.1) is 5.69 Å². The zero-order valence-electron chi connectivity index (χ0n) is 11.9. The normalized spacial score (nSPS) is 22.9. The molecule has 0 aliphatic carbocycles. The molecule has 1 fully saturated rings. The Hall–Kier alpha value is -1.87. The van der Waals surface area contributed by atoms with Gasteiger partial charge in [-0.3, -0.25) is 9.88 Å². The minimum absolute atomic E-state index is 0.503. The molecule has 0 radical (unpaired) electrons. The molecule has 2 unspecified atom stereocenters. The molecular weight excluding hydrogens is 246 g/mol. The lowest BCUT2D eigenvalue weighted by Gasteiger charge is -2.25. The van der Waals surface area contributed by atoms with Gasteiger partial charge in [0.15, 0.2) is 0 Å². The van der Waals surface area contributed by atoms with Crippen molar-refractivity contribution < 1.29 is 0 Å². The number of anilines is 1. The first-order valence-electron chi connectivity index (χ1n) is 7.27. The molecule has 2 atom stereocenters. The maximum absolute atomic E-state index is 4.16. The van der Waals surface area contributed by atoms with Crippen LogP contribution in [-0.2, 0) is 6.54 Å². The molecule has 1 aromatic carbocycles. The standard InChI is InChI=1S/C17H21N3/c1-14-17(19-16-8-5-10-18-12-16)9-11-20(14)13-15-6-3-2-4-7-15/h2-8,10,12,14,17,19H,9,11,13H2,1H3. The third-order valence-electron chi connectivity index (χ3n) is 4.13. The molecular formula is C17H21N3. The number of aromatic nitrogens is 1. The third kappa shape index (κ3) is 2.99. The Labute approximate surface area is 120 Å². The number of benzene rings is 1. The zero-order chi connectivity index (χ0) is 13.8. The maximum atomic E-state index is 4.16. The summed E-state index contributed by atoms with van der Waals surface area (Å²) in [6.07, 6.45) is 4.89. The van der Waals surface area contributed by atoms with Gasteiger partial charge in [0.25, 0.3) is 0 Å². The molecule has 3 rings (SSSR count). The first-order valence-corrected chi connectivity index (χ1v) is 7.27. The third-order valence-corrected chi connectivity index (χ3v) is 4.13. The first kappa shape index (κ1) is 13.1. The monoisotopic (exact) mass is 267 g/mol. The number of hydrogen-bond acceptors (Lipinski definition) is 3. The Morgan fingerprint density at radius 3 is 2.80 bits per heavy atom. The molecule has 1 aliphatic heterocycles. The minimum atomic E-state index is 0.503. The summed E-state index contributed by atoms with van der Waals surface area (Å²) in [5, 5.41) is 3.60. The molecule has 1 aromatic heterocycles. The highest BCUT2D eigenvalue weighted by Crippen LogP contribution is 2.23. The Kier molecular flexibility index (Phi) is 3.97. The number of nitrogens with one attached hydrogen (secondary N) is 1. The lowest BCUT2D eigenvalue weighted by Crippen LogP contribution is -2.35. The van der Waals surface area contributed by atoms with Crippen LogP contribution in [0.2, 0.25) is 0 Å². The summed E-state index contributed by atoms with van der Waals surface area (Å²) in [6.45, 7) is 4.49. The fraction of sp³-hybridized carbons (Fsp3) is 0.353. The summed E-state index contributed by atoms with van der Waals surface area (Å²) >= 11 is 0. The quantitative estimate of drug-likeness (QED) is 0.922. The molecule has 104 valence electrons. The van der Waals surface area contributed by atoms with Gasteiger partial charge < -0.3 is 5.32 Å². The summed E-state index contributed by atoms with van der Waals surface area (Å²) in [5.74, 6) is 0. The van der Waals surface area contributed by atoms with E-state index in [1.807, 2.05) is 18.5 Å². The van der Waals surface area contributed by atoms with Crippen LogP contribution in [-0.4, -0.2) is 28.5 Å². The van der Waals surface area contributed by atoms with Crippen LogP contribution < -0.4 is 5.32 Å². The zero-order valence-corrected chi connectivity index (χ0v) is 11.9. The molecule has 1 N–H and O–H groups in total. The van der Waals surface area contributed by atoms with Crippen LogP contribution in [0.3, 0.4) is 0 Å².